The Morgan fingerprint density at radius 3 is 2.80 bits per heavy atom. The van der Waals surface area contributed by atoms with Crippen molar-refractivity contribution in [2.24, 2.45) is 0 Å². The van der Waals surface area contributed by atoms with Gasteiger partial charge in [0.1, 0.15) is 0 Å². The Hall–Kier alpha value is -0.900. The van der Waals surface area contributed by atoms with Crippen LogP contribution in [-0.2, 0) is 4.74 Å². The van der Waals surface area contributed by atoms with Crippen molar-refractivity contribution in [2.45, 2.75) is 39.3 Å². The normalized spacial score (nSPS) is 20.6. The van der Waals surface area contributed by atoms with E-state index in [0.717, 1.165) is 32.7 Å². The lowest BCUT2D eigenvalue weighted by Crippen LogP contribution is -2.39. The molecule has 0 bridgehead atoms. The van der Waals surface area contributed by atoms with E-state index >= 15 is 0 Å². The zero-order valence-corrected chi connectivity index (χ0v) is 13.3. The van der Waals surface area contributed by atoms with Gasteiger partial charge >= 0.3 is 0 Å². The highest BCUT2D eigenvalue weighted by atomic mass is 16.5. The maximum atomic E-state index is 5.50. The smallest absolute Gasteiger partial charge is 0.0622 e. The van der Waals surface area contributed by atoms with Gasteiger partial charge in [-0.1, -0.05) is 30.7 Å². The van der Waals surface area contributed by atoms with Crippen LogP contribution in [0.15, 0.2) is 18.2 Å². The van der Waals surface area contributed by atoms with Gasteiger partial charge in [0.15, 0.2) is 0 Å². The molecule has 0 saturated carbocycles. The molecule has 3 heteroatoms. The third-order valence-electron chi connectivity index (χ3n) is 4.25. The third-order valence-corrected chi connectivity index (χ3v) is 4.25. The number of hydrogen-bond acceptors (Lipinski definition) is 3. The Morgan fingerprint density at radius 1 is 1.40 bits per heavy atom. The molecule has 3 nitrogen and oxygen atoms in total. The molecule has 2 rings (SSSR count). The topological polar surface area (TPSA) is 24.5 Å². The number of ether oxygens (including phenoxy) is 1. The van der Waals surface area contributed by atoms with Gasteiger partial charge in [-0.2, -0.15) is 0 Å². The van der Waals surface area contributed by atoms with Gasteiger partial charge in [0, 0.05) is 25.2 Å². The molecule has 1 fully saturated rings. The lowest BCUT2D eigenvalue weighted by atomic mass is 9.98. The van der Waals surface area contributed by atoms with E-state index < -0.39 is 0 Å². The molecule has 1 N–H and O–H groups in total. The second-order valence-electron chi connectivity index (χ2n) is 5.93. The van der Waals surface area contributed by atoms with Crippen molar-refractivity contribution >= 4 is 0 Å². The van der Waals surface area contributed by atoms with E-state index in [4.69, 9.17) is 4.74 Å². The molecule has 1 aliphatic heterocycles. The van der Waals surface area contributed by atoms with Crippen molar-refractivity contribution in [3.63, 3.8) is 0 Å². The van der Waals surface area contributed by atoms with Crippen LogP contribution in [0.2, 0.25) is 0 Å². The molecule has 1 aromatic rings. The van der Waals surface area contributed by atoms with Crippen molar-refractivity contribution in [2.75, 3.05) is 33.4 Å². The third kappa shape index (κ3) is 3.81. The Labute approximate surface area is 123 Å². The molecular weight excluding hydrogens is 248 g/mol. The van der Waals surface area contributed by atoms with Crippen LogP contribution in [0.5, 0.6) is 0 Å². The first-order chi connectivity index (χ1) is 9.61. The molecule has 0 spiro atoms. The van der Waals surface area contributed by atoms with Gasteiger partial charge < -0.3 is 10.1 Å². The number of nitrogens with one attached hydrogen (secondary N) is 1. The summed E-state index contributed by atoms with van der Waals surface area (Å²) in [4.78, 5) is 2.44. The maximum absolute atomic E-state index is 5.50. The minimum absolute atomic E-state index is 0.395. The summed E-state index contributed by atoms with van der Waals surface area (Å²) in [5, 5.41) is 3.63. The number of nitrogens with zero attached hydrogens (tertiary/aromatic N) is 1. The van der Waals surface area contributed by atoms with Crippen LogP contribution in [-0.4, -0.2) is 44.3 Å². The summed E-state index contributed by atoms with van der Waals surface area (Å²) in [6, 6.07) is 7.73. The maximum Gasteiger partial charge on any atom is 0.0622 e. The summed E-state index contributed by atoms with van der Waals surface area (Å²) in [6.45, 7) is 10.4. The molecule has 1 heterocycles. The fraction of sp³-hybridized carbons (Fsp3) is 0.647. The average molecular weight is 276 g/mol. The predicted molar refractivity (Wildman–Crippen MR) is 84.2 cm³/mol. The van der Waals surface area contributed by atoms with Crippen LogP contribution in [0.3, 0.4) is 0 Å². The fourth-order valence-electron chi connectivity index (χ4n) is 3.04. The average Bonchev–Trinajstić information content (AvgIpc) is 2.92. The molecule has 2 atom stereocenters. The van der Waals surface area contributed by atoms with E-state index in [2.05, 4.69) is 56.2 Å². The number of hydrogen-bond donors (Lipinski definition) is 1. The van der Waals surface area contributed by atoms with E-state index in [0.29, 0.717) is 12.1 Å². The second kappa shape index (κ2) is 7.21. The monoisotopic (exact) mass is 276 g/mol. The first-order valence-corrected chi connectivity index (χ1v) is 7.70. The second-order valence-corrected chi connectivity index (χ2v) is 5.93. The molecule has 20 heavy (non-hydrogen) atoms. The largest absolute Gasteiger partial charge is 0.380 e. The summed E-state index contributed by atoms with van der Waals surface area (Å²) >= 11 is 0. The fourth-order valence-corrected chi connectivity index (χ4v) is 3.04. The van der Waals surface area contributed by atoms with Crippen LogP contribution >= 0.6 is 0 Å². The Balaban J connectivity index is 2.09. The summed E-state index contributed by atoms with van der Waals surface area (Å²) in [6.07, 6.45) is 1.15. The van der Waals surface area contributed by atoms with E-state index in [1.54, 1.807) is 0 Å². The summed E-state index contributed by atoms with van der Waals surface area (Å²) in [5.41, 5.74) is 4.13. The highest BCUT2D eigenvalue weighted by Crippen LogP contribution is 2.22. The summed E-state index contributed by atoms with van der Waals surface area (Å²) in [7, 11) is 2.22. The Morgan fingerprint density at radius 2 is 2.20 bits per heavy atom. The first-order valence-electron chi connectivity index (χ1n) is 7.70. The Bertz CT molecular complexity index is 427. The number of rotatable bonds is 6. The lowest BCUT2D eigenvalue weighted by molar-refractivity contribution is 0.153. The van der Waals surface area contributed by atoms with Crippen LogP contribution < -0.4 is 5.32 Å². The van der Waals surface area contributed by atoms with Crippen LogP contribution in [0.25, 0.3) is 0 Å². The van der Waals surface area contributed by atoms with E-state index in [-0.39, 0.29) is 0 Å². The van der Waals surface area contributed by atoms with Crippen LogP contribution in [0, 0.1) is 13.8 Å². The van der Waals surface area contributed by atoms with Crippen molar-refractivity contribution < 1.29 is 4.74 Å². The molecule has 0 radical (unpaired) electrons. The zero-order chi connectivity index (χ0) is 14.5. The number of likely N-dealkylation sites (N-methyl/N-ethyl adjacent to an activating group) is 2. The Kier molecular flexibility index (Phi) is 5.58. The quantitative estimate of drug-likeness (QED) is 0.864. The van der Waals surface area contributed by atoms with Gasteiger partial charge in [-0.05, 0) is 45.0 Å². The SMILES string of the molecule is CCNC(CN(C)C1CCOC1)c1ccc(C)cc1C. The highest BCUT2D eigenvalue weighted by Gasteiger charge is 2.23. The molecule has 0 aliphatic carbocycles. The van der Waals surface area contributed by atoms with Crippen molar-refractivity contribution in [1.29, 1.82) is 0 Å². The summed E-state index contributed by atoms with van der Waals surface area (Å²) in [5.74, 6) is 0. The standard InChI is InChI=1S/C17H28N2O/c1-5-18-17(11-19(4)15-8-9-20-12-15)16-7-6-13(2)10-14(16)3/h6-7,10,15,17-18H,5,8-9,11-12H2,1-4H3. The van der Waals surface area contributed by atoms with Crippen LogP contribution in [0.4, 0.5) is 0 Å². The molecule has 1 aromatic carbocycles. The zero-order valence-electron chi connectivity index (χ0n) is 13.3. The predicted octanol–water partition coefficient (Wildman–Crippen LogP) is 2.67. The van der Waals surface area contributed by atoms with E-state index in [1.807, 2.05) is 0 Å². The summed E-state index contributed by atoms with van der Waals surface area (Å²) < 4.78 is 5.50. The van der Waals surface area contributed by atoms with Gasteiger partial charge in [0.05, 0.1) is 6.61 Å². The number of benzene rings is 1. The molecule has 0 aromatic heterocycles. The van der Waals surface area contributed by atoms with E-state index in [9.17, 15) is 0 Å². The lowest BCUT2D eigenvalue weighted by Gasteiger charge is -2.29. The first kappa shape index (κ1) is 15.5. The molecular formula is C17H28N2O. The van der Waals surface area contributed by atoms with Crippen LogP contribution in [0.1, 0.15) is 36.1 Å². The highest BCUT2D eigenvalue weighted by molar-refractivity contribution is 5.33. The van der Waals surface area contributed by atoms with Crippen molar-refractivity contribution in [1.82, 2.24) is 10.2 Å². The minimum Gasteiger partial charge on any atom is -0.380 e. The molecule has 1 aliphatic rings. The van der Waals surface area contributed by atoms with Gasteiger partial charge in [0.2, 0.25) is 0 Å². The van der Waals surface area contributed by atoms with Gasteiger partial charge in [0.25, 0.3) is 0 Å². The van der Waals surface area contributed by atoms with Gasteiger partial charge in [-0.25, -0.2) is 0 Å². The molecule has 112 valence electrons. The van der Waals surface area contributed by atoms with Crippen molar-refractivity contribution in [3.05, 3.63) is 34.9 Å². The van der Waals surface area contributed by atoms with Gasteiger partial charge in [-0.3, -0.25) is 4.90 Å². The molecule has 0 amide bonds. The number of aryl methyl sites for hydroxylation is 2. The van der Waals surface area contributed by atoms with Gasteiger partial charge in [-0.15, -0.1) is 0 Å². The van der Waals surface area contributed by atoms with Crippen molar-refractivity contribution in [3.8, 4) is 0 Å². The molecule has 1 saturated heterocycles. The van der Waals surface area contributed by atoms with E-state index in [1.165, 1.54) is 16.7 Å². The minimum atomic E-state index is 0.395. The molecule has 2 unspecified atom stereocenters.